The van der Waals surface area contributed by atoms with Crippen molar-refractivity contribution in [2.75, 3.05) is 6.61 Å². The molecule has 1 aliphatic heterocycles. The van der Waals surface area contributed by atoms with E-state index in [-0.39, 0.29) is 12.5 Å². The van der Waals surface area contributed by atoms with Gasteiger partial charge >= 0.3 is 6.03 Å². The molecule has 10 heteroatoms. The van der Waals surface area contributed by atoms with E-state index in [1.54, 1.807) is 6.08 Å². The van der Waals surface area contributed by atoms with Gasteiger partial charge in [0.25, 0.3) is 0 Å². The third-order valence-electron chi connectivity index (χ3n) is 4.20. The van der Waals surface area contributed by atoms with Crippen LogP contribution in [0, 0.1) is 5.92 Å². The van der Waals surface area contributed by atoms with Crippen LogP contribution >= 0.6 is 11.8 Å². The summed E-state index contributed by atoms with van der Waals surface area (Å²) in [4.78, 5) is 23.4. The van der Waals surface area contributed by atoms with Crippen LogP contribution in [0.3, 0.4) is 0 Å². The molecule has 0 aliphatic carbocycles. The van der Waals surface area contributed by atoms with Gasteiger partial charge in [-0.2, -0.15) is 0 Å². The number of ether oxygens (including phenoxy) is 2. The van der Waals surface area contributed by atoms with E-state index in [1.165, 1.54) is 11.8 Å². The lowest BCUT2D eigenvalue weighted by Crippen LogP contribution is -2.42. The number of nitrogens with one attached hydrogen (secondary N) is 1. The average Bonchev–Trinajstić information content (AvgIpc) is 3.07. The Morgan fingerprint density at radius 2 is 2.10 bits per heavy atom. The Morgan fingerprint density at radius 1 is 1.38 bits per heavy atom. The number of rotatable bonds is 7. The van der Waals surface area contributed by atoms with Crippen LogP contribution < -0.4 is 20.5 Å². The number of hydrogen-bond acceptors (Lipinski definition) is 7. The number of urea groups is 1. The van der Waals surface area contributed by atoms with Crippen LogP contribution in [0.5, 0.6) is 11.5 Å². The Labute approximate surface area is 172 Å². The van der Waals surface area contributed by atoms with Crippen molar-refractivity contribution in [3.8, 4) is 11.5 Å². The minimum Gasteiger partial charge on any atom is -0.485 e. The molecular weight excluding hydrogens is 394 g/mol. The largest absolute Gasteiger partial charge is 0.485 e. The van der Waals surface area contributed by atoms with Crippen molar-refractivity contribution >= 4 is 23.7 Å². The predicted octanol–water partition coefficient (Wildman–Crippen LogP) is 2.29. The van der Waals surface area contributed by atoms with E-state index < -0.39 is 23.3 Å². The fourth-order valence-electron chi connectivity index (χ4n) is 2.87. The van der Waals surface area contributed by atoms with Gasteiger partial charge in [0.15, 0.2) is 28.6 Å². The predicted molar refractivity (Wildman–Crippen MR) is 108 cm³/mol. The van der Waals surface area contributed by atoms with Gasteiger partial charge in [0.1, 0.15) is 6.61 Å². The van der Waals surface area contributed by atoms with E-state index >= 15 is 0 Å². The highest BCUT2D eigenvalue weighted by molar-refractivity contribution is 8.00. The number of nitrogens with two attached hydrogens (primary N) is 1. The first-order chi connectivity index (χ1) is 13.9. The van der Waals surface area contributed by atoms with Crippen LogP contribution in [0.2, 0.25) is 0 Å². The summed E-state index contributed by atoms with van der Waals surface area (Å²) < 4.78 is 13.6. The first-order valence-electron chi connectivity index (χ1n) is 9.10. The third-order valence-corrected chi connectivity index (χ3v) is 5.72. The maximum absolute atomic E-state index is 12.4. The van der Waals surface area contributed by atoms with E-state index in [9.17, 15) is 9.59 Å². The minimum atomic E-state index is -0.888. The molecule has 1 aliphatic rings. The topological polar surface area (TPSA) is 121 Å². The molecule has 0 saturated carbocycles. The average molecular weight is 417 g/mol. The zero-order valence-corrected chi connectivity index (χ0v) is 17.0. The molecule has 3 N–H and O–H groups in total. The summed E-state index contributed by atoms with van der Waals surface area (Å²) in [6.45, 7) is 8.25. The Kier molecular flexibility index (Phi) is 6.42. The summed E-state index contributed by atoms with van der Waals surface area (Å²) >= 11 is 1.21. The van der Waals surface area contributed by atoms with E-state index in [0.717, 1.165) is 0 Å². The smallest absolute Gasteiger partial charge is 0.318 e. The van der Waals surface area contributed by atoms with Crippen molar-refractivity contribution in [3.63, 3.8) is 0 Å². The van der Waals surface area contributed by atoms with Crippen molar-refractivity contribution in [2.24, 2.45) is 11.7 Å². The van der Waals surface area contributed by atoms with Crippen molar-refractivity contribution in [1.29, 1.82) is 0 Å². The molecular formula is C19H23N5O4S. The highest BCUT2D eigenvalue weighted by Gasteiger charge is 2.31. The summed E-state index contributed by atoms with van der Waals surface area (Å²) in [5.41, 5.74) is 5.09. The van der Waals surface area contributed by atoms with Crippen LogP contribution in [0.4, 0.5) is 4.79 Å². The molecule has 29 heavy (non-hydrogen) atoms. The normalized spacial score (nSPS) is 16.3. The summed E-state index contributed by atoms with van der Waals surface area (Å²) in [7, 11) is 0. The number of carbonyl (C=O) groups excluding carboxylic acids is 2. The Balaban J connectivity index is 1.86. The molecule has 3 amide bonds. The molecule has 0 spiro atoms. The van der Waals surface area contributed by atoms with Crippen LogP contribution in [-0.2, 0) is 11.3 Å². The molecule has 0 saturated heterocycles. The molecule has 154 valence electrons. The molecule has 2 atom stereocenters. The number of benzene rings is 1. The number of thioether (sulfide) groups is 1. The third kappa shape index (κ3) is 4.70. The Hall–Kier alpha value is -3.01. The van der Waals surface area contributed by atoms with E-state index in [2.05, 4.69) is 22.1 Å². The van der Waals surface area contributed by atoms with E-state index in [0.29, 0.717) is 29.0 Å². The standard InChI is InChI=1S/C19H23N5O4S/c1-4-9-24-16(14-10-27-12-7-5-6-8-13(12)28-14)22-23-19(24)29-15(11(2)3)17(25)21-18(20)26/h4-8,11,14-15H,1,9-10H2,2-3H3,(H3,20,21,25,26). The fourth-order valence-corrected chi connectivity index (χ4v) is 3.92. The molecule has 3 rings (SSSR count). The molecule has 2 aromatic rings. The Bertz CT molecular complexity index is 914. The van der Waals surface area contributed by atoms with Gasteiger partial charge in [0.05, 0.1) is 5.25 Å². The molecule has 0 fully saturated rings. The molecule has 1 aromatic heterocycles. The minimum absolute atomic E-state index is 0.0715. The van der Waals surface area contributed by atoms with Crippen molar-refractivity contribution in [1.82, 2.24) is 20.1 Å². The highest BCUT2D eigenvalue weighted by Crippen LogP contribution is 2.36. The van der Waals surface area contributed by atoms with Crippen molar-refractivity contribution in [3.05, 3.63) is 42.7 Å². The Morgan fingerprint density at radius 3 is 2.76 bits per heavy atom. The maximum atomic E-state index is 12.4. The van der Waals surface area contributed by atoms with Crippen LogP contribution in [0.1, 0.15) is 25.8 Å². The van der Waals surface area contributed by atoms with Crippen LogP contribution in [-0.4, -0.2) is 38.6 Å². The van der Waals surface area contributed by atoms with Gasteiger partial charge < -0.3 is 15.2 Å². The van der Waals surface area contributed by atoms with E-state index in [4.69, 9.17) is 15.2 Å². The number of aromatic nitrogens is 3. The van der Waals surface area contributed by atoms with E-state index in [1.807, 2.05) is 42.7 Å². The lowest BCUT2D eigenvalue weighted by Gasteiger charge is -2.26. The number of carbonyl (C=O) groups is 2. The molecule has 0 radical (unpaired) electrons. The number of hydrogen-bond donors (Lipinski definition) is 2. The quantitative estimate of drug-likeness (QED) is 0.523. The van der Waals surface area contributed by atoms with Gasteiger partial charge in [-0.25, -0.2) is 4.79 Å². The van der Waals surface area contributed by atoms with Gasteiger partial charge in [0.2, 0.25) is 5.91 Å². The van der Waals surface area contributed by atoms with Gasteiger partial charge in [-0.05, 0) is 18.1 Å². The molecule has 0 bridgehead atoms. The number of nitrogens with zero attached hydrogens (tertiary/aromatic N) is 3. The van der Waals surface area contributed by atoms with Gasteiger partial charge in [-0.3, -0.25) is 14.7 Å². The van der Waals surface area contributed by atoms with Crippen molar-refractivity contribution in [2.45, 2.75) is 36.9 Å². The number of primary amides is 1. The number of imide groups is 1. The van der Waals surface area contributed by atoms with Crippen molar-refractivity contribution < 1.29 is 19.1 Å². The SMILES string of the molecule is C=CCn1c(SC(C(=O)NC(N)=O)C(C)C)nnc1C1COc2ccccc2O1. The molecule has 9 nitrogen and oxygen atoms in total. The lowest BCUT2D eigenvalue weighted by atomic mass is 10.1. The molecule has 1 aromatic carbocycles. The fraction of sp³-hybridized carbons (Fsp3) is 0.368. The lowest BCUT2D eigenvalue weighted by molar-refractivity contribution is -0.120. The molecule has 2 unspecified atom stereocenters. The second-order valence-corrected chi connectivity index (χ2v) is 7.85. The molecule has 2 heterocycles. The van der Waals surface area contributed by atoms with Gasteiger partial charge in [-0.15, -0.1) is 16.8 Å². The van der Waals surface area contributed by atoms with Crippen LogP contribution in [0.25, 0.3) is 0 Å². The van der Waals surface area contributed by atoms with Gasteiger partial charge in [-0.1, -0.05) is 43.8 Å². The monoisotopic (exact) mass is 417 g/mol. The first kappa shape index (κ1) is 20.7. The number of amides is 3. The van der Waals surface area contributed by atoms with Crippen LogP contribution in [0.15, 0.2) is 42.1 Å². The summed E-state index contributed by atoms with van der Waals surface area (Å²) in [5, 5.41) is 10.6. The second kappa shape index (κ2) is 8.99. The highest BCUT2D eigenvalue weighted by atomic mass is 32.2. The summed E-state index contributed by atoms with van der Waals surface area (Å²) in [5.74, 6) is 1.33. The van der Waals surface area contributed by atoms with Gasteiger partial charge in [0, 0.05) is 6.54 Å². The number of fused-ring (bicyclic) bond motifs is 1. The maximum Gasteiger partial charge on any atom is 0.318 e. The number of para-hydroxylation sites is 2. The zero-order valence-electron chi connectivity index (χ0n) is 16.2. The summed E-state index contributed by atoms with van der Waals surface area (Å²) in [6, 6.07) is 6.52. The first-order valence-corrected chi connectivity index (χ1v) is 9.98. The second-order valence-electron chi connectivity index (χ2n) is 6.74. The number of allylic oxidation sites excluding steroid dienone is 1. The summed E-state index contributed by atoms with van der Waals surface area (Å²) in [6.07, 6.45) is 1.26. The zero-order chi connectivity index (χ0) is 21.0.